The molecule has 2 rings (SSSR count). The number of benzene rings is 1. The molecule has 1 atom stereocenters. The number of nitrogens with one attached hydrogen (secondary N) is 1. The molecule has 1 unspecified atom stereocenters. The Labute approximate surface area is 101 Å². The van der Waals surface area contributed by atoms with Crippen LogP contribution in [0.1, 0.15) is 12.0 Å². The third kappa shape index (κ3) is 3.46. The van der Waals surface area contributed by atoms with Crippen LogP contribution in [0.2, 0.25) is 0 Å². The first-order chi connectivity index (χ1) is 8.25. The summed E-state index contributed by atoms with van der Waals surface area (Å²) in [5, 5.41) is 2.93. The van der Waals surface area contributed by atoms with Gasteiger partial charge >= 0.3 is 0 Å². The molecule has 1 aromatic rings. The molecule has 1 aliphatic rings. The van der Waals surface area contributed by atoms with Crippen molar-refractivity contribution in [1.82, 2.24) is 5.32 Å². The summed E-state index contributed by atoms with van der Waals surface area (Å²) in [6.45, 7) is 2.27. The molecular weight excluding hydrogens is 216 g/mol. The molecule has 1 saturated heterocycles. The molecule has 0 aliphatic carbocycles. The minimum absolute atomic E-state index is 0.0230. The molecule has 1 aliphatic heterocycles. The molecule has 3 N–H and O–H groups in total. The fourth-order valence-electron chi connectivity index (χ4n) is 1.93. The van der Waals surface area contributed by atoms with Crippen LogP contribution in [0.15, 0.2) is 24.3 Å². The number of amides is 1. The lowest BCUT2D eigenvalue weighted by molar-refractivity contribution is -0.120. The molecule has 1 heterocycles. The Kier molecular flexibility index (Phi) is 3.98. The Balaban J connectivity index is 1.79. The second kappa shape index (κ2) is 5.68. The average molecular weight is 234 g/mol. The van der Waals surface area contributed by atoms with E-state index in [4.69, 9.17) is 10.5 Å². The number of anilines is 1. The van der Waals surface area contributed by atoms with Crippen LogP contribution in [-0.2, 0) is 16.0 Å². The first kappa shape index (κ1) is 11.9. The van der Waals surface area contributed by atoms with Crippen LogP contribution in [0, 0.1) is 5.92 Å². The van der Waals surface area contributed by atoms with Crippen LogP contribution >= 0.6 is 0 Å². The third-order valence-corrected chi connectivity index (χ3v) is 3.02. The Morgan fingerprint density at radius 1 is 1.47 bits per heavy atom. The van der Waals surface area contributed by atoms with Gasteiger partial charge < -0.3 is 15.8 Å². The zero-order valence-corrected chi connectivity index (χ0v) is 9.82. The number of carbonyl (C=O) groups is 1. The molecular formula is C13H18N2O2. The highest BCUT2D eigenvalue weighted by molar-refractivity contribution is 5.80. The van der Waals surface area contributed by atoms with E-state index in [2.05, 4.69) is 5.32 Å². The van der Waals surface area contributed by atoms with E-state index in [-0.39, 0.29) is 5.91 Å². The second-order valence-corrected chi connectivity index (χ2v) is 4.41. The third-order valence-electron chi connectivity index (χ3n) is 3.02. The summed E-state index contributed by atoms with van der Waals surface area (Å²) in [5.74, 6) is 0.488. The number of para-hydroxylation sites is 1. The predicted molar refractivity (Wildman–Crippen MR) is 66.5 cm³/mol. The molecule has 4 nitrogen and oxygen atoms in total. The van der Waals surface area contributed by atoms with Crippen LogP contribution in [0.4, 0.5) is 5.69 Å². The van der Waals surface area contributed by atoms with E-state index in [9.17, 15) is 4.79 Å². The summed E-state index contributed by atoms with van der Waals surface area (Å²) in [6, 6.07) is 7.46. The van der Waals surface area contributed by atoms with Crippen molar-refractivity contribution in [1.29, 1.82) is 0 Å². The second-order valence-electron chi connectivity index (χ2n) is 4.41. The van der Waals surface area contributed by atoms with Crippen LogP contribution in [0.3, 0.4) is 0 Å². The van der Waals surface area contributed by atoms with Crippen molar-refractivity contribution in [2.75, 3.05) is 25.5 Å². The average Bonchev–Trinajstić information content (AvgIpc) is 2.82. The van der Waals surface area contributed by atoms with E-state index in [1.807, 2.05) is 24.3 Å². The van der Waals surface area contributed by atoms with Gasteiger partial charge in [-0.25, -0.2) is 0 Å². The Bertz CT molecular complexity index is 387. The van der Waals surface area contributed by atoms with Gasteiger partial charge in [0.05, 0.1) is 13.0 Å². The fourth-order valence-corrected chi connectivity index (χ4v) is 1.93. The summed E-state index contributed by atoms with van der Waals surface area (Å²) < 4.78 is 5.26. The zero-order valence-electron chi connectivity index (χ0n) is 9.82. The number of rotatable bonds is 4. The highest BCUT2D eigenvalue weighted by atomic mass is 16.5. The summed E-state index contributed by atoms with van der Waals surface area (Å²) in [4.78, 5) is 11.7. The highest BCUT2D eigenvalue weighted by Crippen LogP contribution is 2.12. The number of nitrogens with two attached hydrogens (primary N) is 1. The smallest absolute Gasteiger partial charge is 0.224 e. The summed E-state index contributed by atoms with van der Waals surface area (Å²) in [5.41, 5.74) is 7.34. The van der Waals surface area contributed by atoms with Crippen LogP contribution < -0.4 is 11.1 Å². The largest absolute Gasteiger partial charge is 0.398 e. The van der Waals surface area contributed by atoms with Gasteiger partial charge in [0.25, 0.3) is 0 Å². The molecule has 0 spiro atoms. The van der Waals surface area contributed by atoms with Crippen molar-refractivity contribution in [3.63, 3.8) is 0 Å². The topological polar surface area (TPSA) is 64.4 Å². The molecule has 0 radical (unpaired) electrons. The van der Waals surface area contributed by atoms with Crippen LogP contribution in [0.25, 0.3) is 0 Å². The first-order valence-electron chi connectivity index (χ1n) is 5.93. The Hall–Kier alpha value is -1.55. The van der Waals surface area contributed by atoms with Gasteiger partial charge in [0.2, 0.25) is 5.91 Å². The predicted octanol–water partition coefficient (Wildman–Crippen LogP) is 0.964. The van der Waals surface area contributed by atoms with Crippen molar-refractivity contribution < 1.29 is 9.53 Å². The fraction of sp³-hybridized carbons (Fsp3) is 0.462. The van der Waals surface area contributed by atoms with Gasteiger partial charge in [-0.2, -0.15) is 0 Å². The maximum atomic E-state index is 11.7. The minimum Gasteiger partial charge on any atom is -0.398 e. The lowest BCUT2D eigenvalue weighted by atomic mass is 10.1. The standard InChI is InChI=1S/C13H18N2O2/c14-12-4-2-1-3-11(12)7-13(16)15-8-10-5-6-17-9-10/h1-4,10H,5-9,14H2,(H,15,16). The normalized spacial score (nSPS) is 19.2. The lowest BCUT2D eigenvalue weighted by Gasteiger charge is -2.10. The Morgan fingerprint density at radius 2 is 2.29 bits per heavy atom. The molecule has 0 saturated carbocycles. The molecule has 0 bridgehead atoms. The van der Waals surface area contributed by atoms with E-state index < -0.39 is 0 Å². The van der Waals surface area contributed by atoms with E-state index in [0.717, 1.165) is 25.2 Å². The zero-order chi connectivity index (χ0) is 12.1. The molecule has 1 amide bonds. The van der Waals surface area contributed by atoms with Gasteiger partial charge in [0.1, 0.15) is 0 Å². The van der Waals surface area contributed by atoms with Crippen molar-refractivity contribution >= 4 is 11.6 Å². The van der Waals surface area contributed by atoms with Gasteiger partial charge in [0.15, 0.2) is 0 Å². The molecule has 17 heavy (non-hydrogen) atoms. The van der Waals surface area contributed by atoms with Crippen LogP contribution in [0.5, 0.6) is 0 Å². The van der Waals surface area contributed by atoms with E-state index in [1.54, 1.807) is 0 Å². The number of hydrogen-bond acceptors (Lipinski definition) is 3. The molecule has 92 valence electrons. The van der Waals surface area contributed by atoms with Crippen molar-refractivity contribution in [2.45, 2.75) is 12.8 Å². The first-order valence-corrected chi connectivity index (χ1v) is 5.93. The van der Waals surface area contributed by atoms with Crippen molar-refractivity contribution in [3.05, 3.63) is 29.8 Å². The van der Waals surface area contributed by atoms with Crippen molar-refractivity contribution in [2.24, 2.45) is 5.92 Å². The lowest BCUT2D eigenvalue weighted by Crippen LogP contribution is -2.30. The quantitative estimate of drug-likeness (QED) is 0.763. The van der Waals surface area contributed by atoms with Gasteiger partial charge in [-0.15, -0.1) is 0 Å². The van der Waals surface area contributed by atoms with Crippen LogP contribution in [-0.4, -0.2) is 25.7 Å². The van der Waals surface area contributed by atoms with Gasteiger partial charge in [-0.3, -0.25) is 4.79 Å². The van der Waals surface area contributed by atoms with E-state index in [1.165, 1.54) is 0 Å². The van der Waals surface area contributed by atoms with Gasteiger partial charge in [-0.05, 0) is 18.1 Å². The van der Waals surface area contributed by atoms with E-state index in [0.29, 0.717) is 24.6 Å². The molecule has 1 aromatic carbocycles. The number of carbonyl (C=O) groups excluding carboxylic acids is 1. The summed E-state index contributed by atoms with van der Waals surface area (Å²) >= 11 is 0. The number of hydrogen-bond donors (Lipinski definition) is 2. The molecule has 4 heteroatoms. The van der Waals surface area contributed by atoms with Gasteiger partial charge in [-0.1, -0.05) is 18.2 Å². The summed E-state index contributed by atoms with van der Waals surface area (Å²) in [7, 11) is 0. The van der Waals surface area contributed by atoms with E-state index >= 15 is 0 Å². The monoisotopic (exact) mass is 234 g/mol. The molecule has 0 aromatic heterocycles. The highest BCUT2D eigenvalue weighted by Gasteiger charge is 2.16. The summed E-state index contributed by atoms with van der Waals surface area (Å²) in [6.07, 6.45) is 1.38. The minimum atomic E-state index is 0.0230. The number of ether oxygens (including phenoxy) is 1. The Morgan fingerprint density at radius 3 is 3.00 bits per heavy atom. The van der Waals surface area contributed by atoms with Gasteiger partial charge in [0, 0.05) is 24.8 Å². The number of nitrogen functional groups attached to an aromatic ring is 1. The molecule has 1 fully saturated rings. The SMILES string of the molecule is Nc1ccccc1CC(=O)NCC1CCOC1. The maximum Gasteiger partial charge on any atom is 0.224 e. The maximum absolute atomic E-state index is 11.7. The van der Waals surface area contributed by atoms with Crippen molar-refractivity contribution in [3.8, 4) is 0 Å².